The minimum absolute atomic E-state index is 0.0119. The standard InChI is InChI=1S/C20H23NO3S/c1-15(24-14-16-7-5-8-17(13-16)23-2)20(22)21-11-6-12-25-19-10-4-3-9-18(19)21/h3-5,7-10,13,15H,6,11-12,14H2,1-2H3. The molecule has 1 amide bonds. The fraction of sp³-hybridized carbons (Fsp3) is 0.350. The molecule has 0 aromatic heterocycles. The Balaban J connectivity index is 1.67. The van der Waals surface area contributed by atoms with Crippen molar-refractivity contribution >= 4 is 23.4 Å². The van der Waals surface area contributed by atoms with Crippen molar-refractivity contribution in [3.63, 3.8) is 0 Å². The lowest BCUT2D eigenvalue weighted by molar-refractivity contribution is -0.129. The minimum Gasteiger partial charge on any atom is -0.497 e. The molecule has 1 aliphatic rings. The van der Waals surface area contributed by atoms with E-state index in [4.69, 9.17) is 9.47 Å². The monoisotopic (exact) mass is 357 g/mol. The van der Waals surface area contributed by atoms with Crippen molar-refractivity contribution < 1.29 is 14.3 Å². The number of hydrogen-bond donors (Lipinski definition) is 0. The average Bonchev–Trinajstić information content (AvgIpc) is 2.88. The molecule has 0 radical (unpaired) electrons. The number of rotatable bonds is 5. The third kappa shape index (κ3) is 4.35. The molecular formula is C20H23NO3S. The van der Waals surface area contributed by atoms with Gasteiger partial charge in [-0.15, -0.1) is 11.8 Å². The number of amides is 1. The highest BCUT2D eigenvalue weighted by Gasteiger charge is 2.25. The number of ether oxygens (including phenoxy) is 2. The lowest BCUT2D eigenvalue weighted by atomic mass is 10.2. The minimum atomic E-state index is -0.498. The van der Waals surface area contributed by atoms with Gasteiger partial charge in [0.15, 0.2) is 0 Å². The zero-order valence-corrected chi connectivity index (χ0v) is 15.4. The quantitative estimate of drug-likeness (QED) is 0.806. The predicted octanol–water partition coefficient (Wildman–Crippen LogP) is 4.13. The van der Waals surface area contributed by atoms with Crippen LogP contribution in [0.15, 0.2) is 53.4 Å². The van der Waals surface area contributed by atoms with Crippen LogP contribution < -0.4 is 9.64 Å². The molecule has 132 valence electrons. The number of fused-ring (bicyclic) bond motifs is 1. The molecule has 2 aromatic carbocycles. The number of methoxy groups -OCH3 is 1. The van der Waals surface area contributed by atoms with Crippen LogP contribution in [-0.4, -0.2) is 31.4 Å². The van der Waals surface area contributed by atoms with E-state index in [0.29, 0.717) is 6.61 Å². The number of thioether (sulfide) groups is 1. The van der Waals surface area contributed by atoms with Gasteiger partial charge in [0.25, 0.3) is 5.91 Å². The number of carbonyl (C=O) groups is 1. The van der Waals surface area contributed by atoms with Crippen LogP contribution in [0.1, 0.15) is 18.9 Å². The van der Waals surface area contributed by atoms with Crippen LogP contribution in [0.5, 0.6) is 5.75 Å². The Morgan fingerprint density at radius 3 is 2.92 bits per heavy atom. The second kappa shape index (κ2) is 8.41. The Morgan fingerprint density at radius 1 is 1.24 bits per heavy atom. The Morgan fingerprint density at radius 2 is 2.08 bits per heavy atom. The third-order valence-electron chi connectivity index (χ3n) is 4.19. The third-order valence-corrected chi connectivity index (χ3v) is 5.34. The van der Waals surface area contributed by atoms with E-state index in [-0.39, 0.29) is 5.91 Å². The molecule has 3 rings (SSSR count). The summed E-state index contributed by atoms with van der Waals surface area (Å²) in [4.78, 5) is 16.0. The molecule has 1 unspecified atom stereocenters. The van der Waals surface area contributed by atoms with Crippen LogP contribution in [-0.2, 0) is 16.1 Å². The molecule has 0 N–H and O–H groups in total. The Bertz CT molecular complexity index is 734. The maximum Gasteiger partial charge on any atom is 0.255 e. The summed E-state index contributed by atoms with van der Waals surface area (Å²) in [6.07, 6.45) is 0.482. The first-order valence-corrected chi connectivity index (χ1v) is 9.45. The first-order chi connectivity index (χ1) is 12.2. The molecule has 0 saturated carbocycles. The van der Waals surface area contributed by atoms with Gasteiger partial charge in [-0.25, -0.2) is 0 Å². The zero-order valence-electron chi connectivity index (χ0n) is 14.6. The van der Waals surface area contributed by atoms with Crippen LogP contribution in [0.3, 0.4) is 0 Å². The first kappa shape index (κ1) is 17.8. The predicted molar refractivity (Wildman–Crippen MR) is 101 cm³/mol. The molecule has 0 bridgehead atoms. The maximum atomic E-state index is 12.9. The summed E-state index contributed by atoms with van der Waals surface area (Å²) in [7, 11) is 1.64. The SMILES string of the molecule is COc1cccc(COC(C)C(=O)N2CCCSc3ccccc32)c1. The summed E-state index contributed by atoms with van der Waals surface area (Å²) in [5.74, 6) is 1.83. The molecule has 1 atom stereocenters. The molecular weight excluding hydrogens is 334 g/mol. The largest absolute Gasteiger partial charge is 0.497 e. The highest BCUT2D eigenvalue weighted by atomic mass is 32.2. The second-order valence-electron chi connectivity index (χ2n) is 5.96. The normalized spacial score (nSPS) is 15.2. The van der Waals surface area contributed by atoms with E-state index in [2.05, 4.69) is 6.07 Å². The molecule has 5 heteroatoms. The van der Waals surface area contributed by atoms with E-state index in [1.54, 1.807) is 7.11 Å². The van der Waals surface area contributed by atoms with Gasteiger partial charge in [0.05, 0.1) is 19.4 Å². The van der Waals surface area contributed by atoms with Gasteiger partial charge in [0, 0.05) is 11.4 Å². The van der Waals surface area contributed by atoms with Crippen molar-refractivity contribution in [3.8, 4) is 5.75 Å². The van der Waals surface area contributed by atoms with Crippen molar-refractivity contribution in [2.75, 3.05) is 24.3 Å². The number of anilines is 1. The van der Waals surface area contributed by atoms with Gasteiger partial charge in [0.1, 0.15) is 11.9 Å². The van der Waals surface area contributed by atoms with E-state index in [9.17, 15) is 4.79 Å². The van der Waals surface area contributed by atoms with E-state index >= 15 is 0 Å². The smallest absolute Gasteiger partial charge is 0.255 e. The van der Waals surface area contributed by atoms with Crippen molar-refractivity contribution in [1.82, 2.24) is 0 Å². The Hall–Kier alpha value is -1.98. The van der Waals surface area contributed by atoms with Gasteiger partial charge >= 0.3 is 0 Å². The average molecular weight is 357 g/mol. The van der Waals surface area contributed by atoms with Gasteiger partial charge in [-0.3, -0.25) is 4.79 Å². The number of carbonyl (C=O) groups excluding carboxylic acids is 1. The summed E-state index contributed by atoms with van der Waals surface area (Å²) in [6.45, 7) is 2.94. The van der Waals surface area contributed by atoms with Gasteiger partial charge < -0.3 is 14.4 Å². The van der Waals surface area contributed by atoms with Crippen LogP contribution in [0, 0.1) is 0 Å². The summed E-state index contributed by atoms with van der Waals surface area (Å²) in [6, 6.07) is 15.8. The fourth-order valence-electron chi connectivity index (χ4n) is 2.83. The number of hydrogen-bond acceptors (Lipinski definition) is 4. The molecule has 0 fully saturated rings. The van der Waals surface area contributed by atoms with Gasteiger partial charge in [-0.1, -0.05) is 24.3 Å². The summed E-state index contributed by atoms with van der Waals surface area (Å²) in [5, 5.41) is 0. The first-order valence-electron chi connectivity index (χ1n) is 8.47. The molecule has 25 heavy (non-hydrogen) atoms. The molecule has 1 heterocycles. The highest BCUT2D eigenvalue weighted by Crippen LogP contribution is 2.34. The van der Waals surface area contributed by atoms with Crippen LogP contribution in [0.4, 0.5) is 5.69 Å². The lowest BCUT2D eigenvalue weighted by Gasteiger charge is -2.25. The van der Waals surface area contributed by atoms with E-state index in [1.165, 1.54) is 0 Å². The van der Waals surface area contributed by atoms with Crippen molar-refractivity contribution in [2.45, 2.75) is 31.0 Å². The van der Waals surface area contributed by atoms with Gasteiger partial charge in [-0.05, 0) is 48.9 Å². The van der Waals surface area contributed by atoms with E-state index < -0.39 is 6.10 Å². The number of benzene rings is 2. The van der Waals surface area contributed by atoms with Crippen molar-refractivity contribution in [3.05, 3.63) is 54.1 Å². The highest BCUT2D eigenvalue weighted by molar-refractivity contribution is 7.99. The van der Waals surface area contributed by atoms with E-state index in [0.717, 1.165) is 40.6 Å². The van der Waals surface area contributed by atoms with E-state index in [1.807, 2.05) is 66.1 Å². The fourth-order valence-corrected chi connectivity index (χ4v) is 3.82. The second-order valence-corrected chi connectivity index (χ2v) is 7.10. The molecule has 0 aliphatic carbocycles. The Kier molecular flexibility index (Phi) is 6.00. The van der Waals surface area contributed by atoms with Crippen molar-refractivity contribution in [2.24, 2.45) is 0 Å². The molecule has 0 saturated heterocycles. The van der Waals surface area contributed by atoms with Gasteiger partial charge in [0.2, 0.25) is 0 Å². The molecule has 4 nitrogen and oxygen atoms in total. The zero-order chi connectivity index (χ0) is 17.6. The van der Waals surface area contributed by atoms with Gasteiger partial charge in [-0.2, -0.15) is 0 Å². The van der Waals surface area contributed by atoms with Crippen LogP contribution in [0.2, 0.25) is 0 Å². The lowest BCUT2D eigenvalue weighted by Crippen LogP contribution is -2.39. The van der Waals surface area contributed by atoms with Crippen LogP contribution in [0.25, 0.3) is 0 Å². The molecule has 1 aliphatic heterocycles. The molecule has 0 spiro atoms. The van der Waals surface area contributed by atoms with Crippen molar-refractivity contribution in [1.29, 1.82) is 0 Å². The Labute approximate surface area is 153 Å². The number of para-hydroxylation sites is 1. The topological polar surface area (TPSA) is 38.8 Å². The summed E-state index contributed by atoms with van der Waals surface area (Å²) < 4.78 is 11.1. The summed E-state index contributed by atoms with van der Waals surface area (Å²) >= 11 is 1.81. The number of nitrogens with zero attached hydrogens (tertiary/aromatic N) is 1. The summed E-state index contributed by atoms with van der Waals surface area (Å²) in [5.41, 5.74) is 1.98. The maximum absolute atomic E-state index is 12.9. The molecule has 2 aromatic rings. The van der Waals surface area contributed by atoms with Crippen LogP contribution >= 0.6 is 11.8 Å².